The minimum atomic E-state index is -0.137. The number of benzene rings is 2. The number of ether oxygens (including phenoxy) is 1. The minimum absolute atomic E-state index is 0.128. The number of carbonyl (C=O) groups excluding carboxylic acids is 1. The van der Waals surface area contributed by atoms with Gasteiger partial charge in [0, 0.05) is 37.4 Å². The Morgan fingerprint density at radius 2 is 1.97 bits per heavy atom. The van der Waals surface area contributed by atoms with Gasteiger partial charge in [0.25, 0.3) is 0 Å². The van der Waals surface area contributed by atoms with Gasteiger partial charge in [-0.05, 0) is 80.4 Å². The number of amides is 2. The number of likely N-dealkylation sites (tertiary alicyclic amines) is 1. The number of anilines is 1. The Kier molecular flexibility index (Phi) is 9.66. The van der Waals surface area contributed by atoms with E-state index in [4.69, 9.17) is 16.2 Å². The van der Waals surface area contributed by atoms with Crippen LogP contribution >= 0.6 is 0 Å². The number of nitrogens with two attached hydrogens (primary N) is 2. The molecule has 2 aromatic carbocycles. The van der Waals surface area contributed by atoms with E-state index in [2.05, 4.69) is 22.1 Å². The third kappa shape index (κ3) is 8.00. The van der Waals surface area contributed by atoms with E-state index in [1.165, 1.54) is 0 Å². The first kappa shape index (κ1) is 26.5. The highest BCUT2D eigenvalue weighted by atomic mass is 16.5. The lowest BCUT2D eigenvalue weighted by molar-refractivity contribution is 0.218. The zero-order chi connectivity index (χ0) is 25.9. The first-order valence-electron chi connectivity index (χ1n) is 12.0. The lowest BCUT2D eigenvalue weighted by atomic mass is 10.0. The van der Waals surface area contributed by atoms with E-state index in [-0.39, 0.29) is 17.7 Å². The molecule has 0 bridgehead atoms. The number of phenolic OH excluding ortho intramolecular Hbond substituents is 1. The molecule has 36 heavy (non-hydrogen) atoms. The molecule has 6 N–H and O–H groups in total. The van der Waals surface area contributed by atoms with Crippen LogP contribution in [-0.2, 0) is 0 Å². The van der Waals surface area contributed by atoms with Crippen LogP contribution in [0.25, 0.3) is 0 Å². The second-order valence-corrected chi connectivity index (χ2v) is 8.78. The average molecular weight is 490 g/mol. The van der Waals surface area contributed by atoms with Gasteiger partial charge in [-0.3, -0.25) is 0 Å². The van der Waals surface area contributed by atoms with Crippen molar-refractivity contribution in [3.8, 4) is 23.3 Å². The van der Waals surface area contributed by atoms with Crippen molar-refractivity contribution >= 4 is 11.7 Å². The van der Waals surface area contributed by atoms with E-state index >= 15 is 0 Å². The number of nitrogens with one attached hydrogen (secondary N) is 1. The summed E-state index contributed by atoms with van der Waals surface area (Å²) in [5.74, 6) is 6.84. The van der Waals surface area contributed by atoms with Crippen molar-refractivity contribution in [3.63, 3.8) is 0 Å². The Hall–Kier alpha value is -4.09. The Morgan fingerprint density at radius 1 is 1.22 bits per heavy atom. The first-order valence-corrected chi connectivity index (χ1v) is 12.0. The van der Waals surface area contributed by atoms with Crippen molar-refractivity contribution < 1.29 is 14.6 Å². The minimum Gasteiger partial charge on any atom is -0.507 e. The van der Waals surface area contributed by atoms with Crippen LogP contribution < -0.4 is 21.5 Å². The van der Waals surface area contributed by atoms with E-state index in [0.717, 1.165) is 49.6 Å². The monoisotopic (exact) mass is 489 g/mol. The summed E-state index contributed by atoms with van der Waals surface area (Å²) in [6, 6.07) is 14.0. The summed E-state index contributed by atoms with van der Waals surface area (Å²) in [4.78, 5) is 16.5. The van der Waals surface area contributed by atoms with E-state index in [1.54, 1.807) is 43.3 Å². The van der Waals surface area contributed by atoms with Crippen molar-refractivity contribution in [2.75, 3.05) is 45.7 Å². The van der Waals surface area contributed by atoms with Crippen LogP contribution in [-0.4, -0.2) is 61.3 Å². The van der Waals surface area contributed by atoms with Gasteiger partial charge in [-0.1, -0.05) is 18.1 Å². The van der Waals surface area contributed by atoms with Gasteiger partial charge >= 0.3 is 6.03 Å². The van der Waals surface area contributed by atoms with E-state index in [1.807, 2.05) is 36.4 Å². The average Bonchev–Trinajstić information content (AvgIpc) is 3.36. The highest BCUT2D eigenvalue weighted by molar-refractivity contribution is 5.89. The topological polar surface area (TPSA) is 117 Å². The van der Waals surface area contributed by atoms with Gasteiger partial charge in [-0.15, -0.1) is 0 Å². The molecule has 1 heterocycles. The Morgan fingerprint density at radius 3 is 2.69 bits per heavy atom. The molecule has 1 aliphatic heterocycles. The van der Waals surface area contributed by atoms with Gasteiger partial charge in [-0.2, -0.15) is 0 Å². The number of carbonyl (C=O) groups is 1. The molecule has 0 aromatic heterocycles. The van der Waals surface area contributed by atoms with Gasteiger partial charge in [0.1, 0.15) is 11.5 Å². The number of aromatic hydroxyl groups is 1. The molecule has 2 amide bonds. The smallest absolute Gasteiger partial charge is 0.321 e. The number of nitrogens with zero attached hydrogens (tertiary/aromatic N) is 2. The maximum absolute atomic E-state index is 12.4. The number of hydrogen-bond acceptors (Lipinski definition) is 6. The molecule has 1 fully saturated rings. The molecule has 1 saturated heterocycles. The zero-order valence-corrected chi connectivity index (χ0v) is 20.9. The fourth-order valence-corrected chi connectivity index (χ4v) is 3.92. The van der Waals surface area contributed by atoms with Crippen LogP contribution in [0.15, 0.2) is 72.1 Å². The second kappa shape index (κ2) is 13.1. The van der Waals surface area contributed by atoms with Crippen LogP contribution in [0.2, 0.25) is 0 Å². The highest BCUT2D eigenvalue weighted by Crippen LogP contribution is 2.21. The predicted octanol–water partition coefficient (Wildman–Crippen LogP) is 3.31. The highest BCUT2D eigenvalue weighted by Gasteiger charge is 2.23. The SMILES string of the molecule is COc1ccc(NC(=O)N(C)CCCN2CC[C@H](/C(N)=C/C=C(\N)C#Cc3ccccc3O)C2)cc1. The summed E-state index contributed by atoms with van der Waals surface area (Å²) in [6.07, 6.45) is 5.38. The van der Waals surface area contributed by atoms with E-state index < -0.39 is 0 Å². The summed E-state index contributed by atoms with van der Waals surface area (Å²) in [5, 5.41) is 12.7. The maximum Gasteiger partial charge on any atom is 0.321 e. The maximum atomic E-state index is 12.4. The van der Waals surface area contributed by atoms with Gasteiger partial charge in [0.05, 0.1) is 18.4 Å². The number of methoxy groups -OCH3 is 1. The number of para-hydroxylation sites is 1. The van der Waals surface area contributed by atoms with Crippen LogP contribution in [0, 0.1) is 17.8 Å². The summed E-state index contributed by atoms with van der Waals surface area (Å²) in [5.41, 5.74) is 14.7. The predicted molar refractivity (Wildman–Crippen MR) is 143 cm³/mol. The van der Waals surface area contributed by atoms with E-state index in [0.29, 0.717) is 17.8 Å². The molecule has 0 unspecified atom stereocenters. The Balaban J connectivity index is 1.40. The first-order chi connectivity index (χ1) is 17.4. The normalized spacial score (nSPS) is 16.2. The molecule has 2 aromatic rings. The summed E-state index contributed by atoms with van der Waals surface area (Å²) < 4.78 is 5.14. The Bertz CT molecular complexity index is 1150. The molecule has 0 saturated carbocycles. The van der Waals surface area contributed by atoms with Crippen molar-refractivity contribution in [2.24, 2.45) is 17.4 Å². The van der Waals surface area contributed by atoms with Gasteiger partial charge in [0.15, 0.2) is 0 Å². The molecule has 3 rings (SSSR count). The molecule has 0 aliphatic carbocycles. The quantitative estimate of drug-likeness (QED) is 0.334. The van der Waals surface area contributed by atoms with Gasteiger partial charge < -0.3 is 36.4 Å². The third-order valence-electron chi connectivity index (χ3n) is 6.10. The molecule has 1 aliphatic rings. The summed E-state index contributed by atoms with van der Waals surface area (Å²) in [7, 11) is 3.41. The lowest BCUT2D eigenvalue weighted by Crippen LogP contribution is -2.34. The van der Waals surface area contributed by atoms with Crippen LogP contribution in [0.5, 0.6) is 11.5 Å². The third-order valence-corrected chi connectivity index (χ3v) is 6.10. The van der Waals surface area contributed by atoms with Crippen molar-refractivity contribution in [1.82, 2.24) is 9.80 Å². The van der Waals surface area contributed by atoms with Gasteiger partial charge in [-0.25, -0.2) is 4.79 Å². The largest absolute Gasteiger partial charge is 0.507 e. The Labute approximate surface area is 213 Å². The molecule has 190 valence electrons. The zero-order valence-electron chi connectivity index (χ0n) is 20.9. The van der Waals surface area contributed by atoms with Gasteiger partial charge in [0.2, 0.25) is 0 Å². The molecular weight excluding hydrogens is 454 g/mol. The fraction of sp³-hybridized carbons (Fsp3) is 0.321. The molecular formula is C28H35N5O3. The summed E-state index contributed by atoms with van der Waals surface area (Å²) in [6.45, 7) is 3.39. The van der Waals surface area contributed by atoms with Crippen molar-refractivity contribution in [3.05, 3.63) is 77.6 Å². The van der Waals surface area contributed by atoms with Crippen LogP contribution in [0.1, 0.15) is 18.4 Å². The molecule has 0 spiro atoms. The number of allylic oxidation sites excluding steroid dienone is 3. The number of rotatable bonds is 8. The molecule has 8 heteroatoms. The van der Waals surface area contributed by atoms with Crippen LogP contribution in [0.4, 0.5) is 10.5 Å². The fourth-order valence-electron chi connectivity index (χ4n) is 3.92. The number of hydrogen-bond donors (Lipinski definition) is 4. The van der Waals surface area contributed by atoms with Crippen LogP contribution in [0.3, 0.4) is 0 Å². The second-order valence-electron chi connectivity index (χ2n) is 8.78. The molecule has 1 atom stereocenters. The summed E-state index contributed by atoms with van der Waals surface area (Å²) >= 11 is 0. The van der Waals surface area contributed by atoms with Crippen molar-refractivity contribution in [2.45, 2.75) is 12.8 Å². The lowest BCUT2D eigenvalue weighted by Gasteiger charge is -2.21. The molecule has 0 radical (unpaired) electrons. The number of phenols is 1. The molecule has 8 nitrogen and oxygen atoms in total. The number of urea groups is 1. The van der Waals surface area contributed by atoms with E-state index in [9.17, 15) is 9.90 Å². The van der Waals surface area contributed by atoms with Crippen molar-refractivity contribution in [1.29, 1.82) is 0 Å². The standard InChI is InChI=1S/C28H35N5O3/c1-32(28(35)31-24-11-13-25(36-2)14-12-24)17-5-18-33-19-16-22(20-33)26(30)15-10-23(29)9-8-21-6-3-4-7-27(21)34/h3-4,6-7,10-15,22,34H,5,16-20,29-30H2,1-2H3,(H,31,35)/b23-10-,26-15-/t22-/m0/s1.